The number of hydrogen-bond acceptors (Lipinski definition) is 5. The van der Waals surface area contributed by atoms with Crippen molar-refractivity contribution in [1.82, 2.24) is 10.2 Å². The van der Waals surface area contributed by atoms with Crippen molar-refractivity contribution >= 4 is 5.97 Å². The normalized spacial score (nSPS) is 49.1. The van der Waals surface area contributed by atoms with Crippen LogP contribution in [0, 0.1) is 23.2 Å². The van der Waals surface area contributed by atoms with E-state index in [1.54, 1.807) is 0 Å². The summed E-state index contributed by atoms with van der Waals surface area (Å²) in [6.07, 6.45) is 9.09. The molecule has 3 aliphatic heterocycles. The Balaban J connectivity index is 1.21. The third kappa shape index (κ3) is 2.79. The fourth-order valence-corrected chi connectivity index (χ4v) is 7.14. The molecule has 0 radical (unpaired) electrons. The summed E-state index contributed by atoms with van der Waals surface area (Å²) in [5.74, 6) is 0.842. The van der Waals surface area contributed by atoms with Crippen LogP contribution in [0.3, 0.4) is 0 Å². The first-order valence-electron chi connectivity index (χ1n) is 11.4. The van der Waals surface area contributed by atoms with E-state index in [2.05, 4.69) is 24.1 Å². The number of nitrogens with one attached hydrogen (secondary N) is 1. The lowest BCUT2D eigenvalue weighted by atomic mass is 9.53. The monoisotopic (exact) mass is 376 g/mol. The van der Waals surface area contributed by atoms with Gasteiger partial charge in [0.05, 0.1) is 12.0 Å². The average Bonchev–Trinajstić information content (AvgIpc) is 3.34. The molecule has 0 bridgehead atoms. The number of esters is 1. The molecule has 2 saturated carbocycles. The van der Waals surface area contributed by atoms with Crippen molar-refractivity contribution in [1.29, 1.82) is 0 Å². The van der Waals surface area contributed by atoms with E-state index < -0.39 is 0 Å². The second-order valence-electron chi connectivity index (χ2n) is 10.2. The molecule has 1 spiro atoms. The zero-order valence-electron chi connectivity index (χ0n) is 17.0. The van der Waals surface area contributed by atoms with Gasteiger partial charge in [0.2, 0.25) is 0 Å². The molecule has 1 N–H and O–H groups in total. The van der Waals surface area contributed by atoms with Gasteiger partial charge < -0.3 is 19.7 Å². The Bertz CT molecular complexity index is 592. The molecule has 7 unspecified atom stereocenters. The van der Waals surface area contributed by atoms with Gasteiger partial charge in [-0.15, -0.1) is 0 Å². The number of epoxide rings is 1. The molecule has 27 heavy (non-hydrogen) atoms. The minimum absolute atomic E-state index is 0.0102. The first kappa shape index (κ1) is 18.4. The summed E-state index contributed by atoms with van der Waals surface area (Å²) in [7, 11) is 0. The molecule has 3 heterocycles. The van der Waals surface area contributed by atoms with Gasteiger partial charge in [-0.1, -0.05) is 26.7 Å². The van der Waals surface area contributed by atoms with Crippen molar-refractivity contribution in [3.8, 4) is 0 Å². The second-order valence-corrected chi connectivity index (χ2v) is 10.2. The summed E-state index contributed by atoms with van der Waals surface area (Å²) in [6, 6.07) is 0. The third-order valence-corrected chi connectivity index (χ3v) is 8.61. The number of fused-ring (bicyclic) bond motifs is 2. The number of carbonyl (C=O) groups is 1. The number of rotatable bonds is 5. The van der Waals surface area contributed by atoms with Crippen molar-refractivity contribution < 1.29 is 14.3 Å². The van der Waals surface area contributed by atoms with E-state index in [1.807, 2.05) is 0 Å². The largest absolute Gasteiger partial charge is 0.462 e. The molecule has 5 rings (SSSR count). The fraction of sp³-hybridized carbons (Fsp3) is 0.955. The van der Waals surface area contributed by atoms with E-state index in [4.69, 9.17) is 9.47 Å². The first-order valence-corrected chi connectivity index (χ1v) is 11.4. The Labute approximate surface area is 163 Å². The van der Waals surface area contributed by atoms with Crippen LogP contribution in [-0.2, 0) is 14.3 Å². The number of piperidine rings is 1. The van der Waals surface area contributed by atoms with Gasteiger partial charge in [0.1, 0.15) is 11.7 Å². The number of carbonyl (C=O) groups excluding carboxylic acids is 1. The molecular formula is C22H36N2O3. The van der Waals surface area contributed by atoms with Crippen LogP contribution in [-0.4, -0.2) is 61.4 Å². The van der Waals surface area contributed by atoms with Crippen LogP contribution < -0.4 is 5.32 Å². The van der Waals surface area contributed by atoms with Crippen molar-refractivity contribution in [3.05, 3.63) is 0 Å². The van der Waals surface area contributed by atoms with Crippen LogP contribution in [0.5, 0.6) is 0 Å². The van der Waals surface area contributed by atoms with Gasteiger partial charge in [0, 0.05) is 31.0 Å². The van der Waals surface area contributed by atoms with Crippen LogP contribution in [0.1, 0.15) is 58.8 Å². The highest BCUT2D eigenvalue weighted by atomic mass is 16.6. The lowest BCUT2D eigenvalue weighted by Crippen LogP contribution is -2.54. The Kier molecular flexibility index (Phi) is 4.56. The maximum absolute atomic E-state index is 12.7. The first-order chi connectivity index (χ1) is 13.1. The van der Waals surface area contributed by atoms with Crippen molar-refractivity contribution in [3.63, 3.8) is 0 Å². The number of ether oxygens (including phenoxy) is 2. The third-order valence-electron chi connectivity index (χ3n) is 8.61. The van der Waals surface area contributed by atoms with Crippen LogP contribution in [0.2, 0.25) is 0 Å². The molecule has 5 heteroatoms. The van der Waals surface area contributed by atoms with Crippen LogP contribution >= 0.6 is 0 Å². The molecule has 0 aromatic rings. The average molecular weight is 377 g/mol. The Morgan fingerprint density at radius 1 is 1.22 bits per heavy atom. The van der Waals surface area contributed by atoms with Crippen molar-refractivity contribution in [2.24, 2.45) is 23.2 Å². The molecule has 7 atom stereocenters. The molecule has 2 aliphatic carbocycles. The molecule has 5 aliphatic rings. The van der Waals surface area contributed by atoms with Crippen LogP contribution in [0.15, 0.2) is 0 Å². The highest BCUT2D eigenvalue weighted by molar-refractivity contribution is 5.76. The van der Waals surface area contributed by atoms with Crippen molar-refractivity contribution in [2.75, 3.05) is 32.7 Å². The topological polar surface area (TPSA) is 54.1 Å². The minimum Gasteiger partial charge on any atom is -0.462 e. The molecule has 0 amide bonds. The van der Waals surface area contributed by atoms with Gasteiger partial charge in [-0.25, -0.2) is 0 Å². The predicted molar refractivity (Wildman–Crippen MR) is 103 cm³/mol. The zero-order chi connectivity index (χ0) is 18.6. The SMILES string of the molecule is CC1CCCC2(C)CC3OC(=O)C(CNCCN4CCCCC4)C3C3OC132. The minimum atomic E-state index is -0.0283. The molecule has 5 nitrogen and oxygen atoms in total. The van der Waals surface area contributed by atoms with Crippen LogP contribution in [0.25, 0.3) is 0 Å². The quantitative estimate of drug-likeness (QED) is 0.454. The standard InChI is InChI=1S/C22H36N2O3/c1-15-7-6-8-21(2)13-17-18(19-22(15,21)27-19)16(20(25)26-17)14-23-9-12-24-10-4-3-5-11-24/h15-19,23H,3-14H2,1-2H3. The predicted octanol–water partition coefficient (Wildman–Crippen LogP) is 2.59. The van der Waals surface area contributed by atoms with Crippen LogP contribution in [0.4, 0.5) is 0 Å². The molecule has 152 valence electrons. The van der Waals surface area contributed by atoms with E-state index in [-0.39, 0.29) is 41.0 Å². The highest BCUT2D eigenvalue weighted by Crippen LogP contribution is 2.70. The molecule has 5 fully saturated rings. The smallest absolute Gasteiger partial charge is 0.311 e. The molecule has 0 aromatic heterocycles. The van der Waals surface area contributed by atoms with Gasteiger partial charge in [-0.3, -0.25) is 4.79 Å². The summed E-state index contributed by atoms with van der Waals surface area (Å²) in [6.45, 7) is 10.0. The number of hydrogen-bond donors (Lipinski definition) is 1. The number of likely N-dealkylation sites (tertiary alicyclic amines) is 1. The summed E-state index contributed by atoms with van der Waals surface area (Å²) in [4.78, 5) is 15.2. The maximum Gasteiger partial charge on any atom is 0.311 e. The lowest BCUT2D eigenvalue weighted by molar-refractivity contribution is -0.146. The van der Waals surface area contributed by atoms with E-state index in [0.29, 0.717) is 5.92 Å². The Hall–Kier alpha value is -0.650. The summed E-state index contributed by atoms with van der Waals surface area (Å²) < 4.78 is 12.4. The van der Waals surface area contributed by atoms with Crippen molar-refractivity contribution in [2.45, 2.75) is 76.6 Å². The number of nitrogens with zero attached hydrogens (tertiary/aromatic N) is 1. The van der Waals surface area contributed by atoms with Gasteiger partial charge >= 0.3 is 5.97 Å². The van der Waals surface area contributed by atoms with Gasteiger partial charge in [-0.05, 0) is 51.1 Å². The lowest BCUT2D eigenvalue weighted by Gasteiger charge is -2.48. The second kappa shape index (κ2) is 6.70. The summed E-state index contributed by atoms with van der Waals surface area (Å²) >= 11 is 0. The van der Waals surface area contributed by atoms with E-state index in [1.165, 1.54) is 51.6 Å². The summed E-state index contributed by atoms with van der Waals surface area (Å²) in [5, 5.41) is 3.57. The molecule has 3 saturated heterocycles. The van der Waals surface area contributed by atoms with E-state index in [0.717, 1.165) is 26.1 Å². The van der Waals surface area contributed by atoms with Gasteiger partial charge in [0.15, 0.2) is 0 Å². The highest BCUT2D eigenvalue weighted by Gasteiger charge is 2.78. The Morgan fingerprint density at radius 2 is 2.04 bits per heavy atom. The molecular weight excluding hydrogens is 340 g/mol. The van der Waals surface area contributed by atoms with E-state index >= 15 is 0 Å². The molecule has 0 aromatic carbocycles. The Morgan fingerprint density at radius 3 is 2.85 bits per heavy atom. The van der Waals surface area contributed by atoms with Gasteiger partial charge in [0.25, 0.3) is 0 Å². The zero-order valence-corrected chi connectivity index (χ0v) is 17.0. The fourth-order valence-electron chi connectivity index (χ4n) is 7.14. The maximum atomic E-state index is 12.7. The van der Waals surface area contributed by atoms with Gasteiger partial charge in [-0.2, -0.15) is 0 Å². The van der Waals surface area contributed by atoms with E-state index in [9.17, 15) is 4.79 Å². The summed E-state index contributed by atoms with van der Waals surface area (Å²) in [5.41, 5.74) is 0.208.